The van der Waals surface area contributed by atoms with Gasteiger partial charge in [-0.25, -0.2) is 0 Å². The Balaban J connectivity index is 1.35. The van der Waals surface area contributed by atoms with Gasteiger partial charge in [0, 0.05) is 24.5 Å². The van der Waals surface area contributed by atoms with Crippen molar-refractivity contribution in [2.24, 2.45) is 0 Å². The zero-order valence-electron chi connectivity index (χ0n) is 17.6. The molecule has 0 bridgehead atoms. The van der Waals surface area contributed by atoms with Crippen molar-refractivity contribution in [2.45, 2.75) is 25.4 Å². The molecule has 2 heterocycles. The Bertz CT molecular complexity index is 1140. The number of benzene rings is 3. The van der Waals surface area contributed by atoms with Crippen LogP contribution >= 0.6 is 0 Å². The number of ether oxygens (including phenoxy) is 2. The van der Waals surface area contributed by atoms with Crippen LogP contribution in [0.1, 0.15) is 28.8 Å². The second-order valence-corrected chi connectivity index (χ2v) is 7.95. The first-order valence-electron chi connectivity index (χ1n) is 10.9. The predicted octanol–water partition coefficient (Wildman–Crippen LogP) is 4.80. The smallest absolute Gasteiger partial charge is 0.259 e. The van der Waals surface area contributed by atoms with E-state index in [9.17, 15) is 9.59 Å². The lowest BCUT2D eigenvalue weighted by Crippen LogP contribution is -2.37. The molecule has 1 atom stereocenters. The Hall–Kier alpha value is -3.64. The molecule has 0 spiro atoms. The molecular formula is C26H24N2O4. The van der Waals surface area contributed by atoms with Crippen molar-refractivity contribution in [2.75, 3.05) is 23.4 Å². The van der Waals surface area contributed by atoms with E-state index in [0.29, 0.717) is 35.9 Å². The summed E-state index contributed by atoms with van der Waals surface area (Å²) in [6.07, 6.45) is 2.12. The SMILES string of the molecule is O=C(Nc1ccc2c(c1)N(C(=O)C1CCCO1)CC2)c1ccccc1Oc1ccccc1. The monoisotopic (exact) mass is 428 g/mol. The molecule has 2 amide bonds. The van der Waals surface area contributed by atoms with Crippen molar-refractivity contribution in [3.63, 3.8) is 0 Å². The average molecular weight is 428 g/mol. The van der Waals surface area contributed by atoms with E-state index in [1.807, 2.05) is 54.6 Å². The fourth-order valence-corrected chi connectivity index (χ4v) is 4.19. The standard InChI is InChI=1S/C26H24N2O4/c29-25(21-9-4-5-10-23(21)32-20-7-2-1-3-8-20)27-19-13-12-18-14-15-28(22(18)17-19)26(30)24-11-6-16-31-24/h1-5,7-10,12-13,17,24H,6,11,14-16H2,(H,27,29). The second-order valence-electron chi connectivity index (χ2n) is 7.95. The van der Waals surface area contributed by atoms with Gasteiger partial charge in [0.1, 0.15) is 17.6 Å². The summed E-state index contributed by atoms with van der Waals surface area (Å²) in [6, 6.07) is 22.2. The van der Waals surface area contributed by atoms with Gasteiger partial charge in [0.25, 0.3) is 11.8 Å². The number of nitrogens with one attached hydrogen (secondary N) is 1. The molecule has 1 unspecified atom stereocenters. The van der Waals surface area contributed by atoms with Gasteiger partial charge in [-0.15, -0.1) is 0 Å². The minimum absolute atomic E-state index is 0.00586. The fourth-order valence-electron chi connectivity index (χ4n) is 4.19. The molecule has 2 aliphatic heterocycles. The third kappa shape index (κ3) is 4.09. The molecule has 0 radical (unpaired) electrons. The Labute approximate surface area is 186 Å². The van der Waals surface area contributed by atoms with Crippen LogP contribution in [-0.2, 0) is 16.0 Å². The summed E-state index contributed by atoms with van der Waals surface area (Å²) >= 11 is 0. The van der Waals surface area contributed by atoms with Gasteiger partial charge in [0.15, 0.2) is 0 Å². The largest absolute Gasteiger partial charge is 0.457 e. The predicted molar refractivity (Wildman–Crippen MR) is 122 cm³/mol. The third-order valence-corrected chi connectivity index (χ3v) is 5.81. The highest BCUT2D eigenvalue weighted by Crippen LogP contribution is 2.33. The number of para-hydroxylation sites is 2. The maximum Gasteiger partial charge on any atom is 0.259 e. The van der Waals surface area contributed by atoms with Crippen LogP contribution in [0, 0.1) is 0 Å². The van der Waals surface area contributed by atoms with Gasteiger partial charge in [-0.05, 0) is 61.2 Å². The lowest BCUT2D eigenvalue weighted by molar-refractivity contribution is -0.127. The van der Waals surface area contributed by atoms with Crippen molar-refractivity contribution >= 4 is 23.2 Å². The van der Waals surface area contributed by atoms with Crippen molar-refractivity contribution < 1.29 is 19.1 Å². The number of anilines is 2. The van der Waals surface area contributed by atoms with Crippen LogP contribution in [0.15, 0.2) is 72.8 Å². The summed E-state index contributed by atoms with van der Waals surface area (Å²) in [7, 11) is 0. The van der Waals surface area contributed by atoms with Crippen molar-refractivity contribution in [1.29, 1.82) is 0 Å². The molecule has 6 heteroatoms. The first kappa shape index (κ1) is 20.3. The van der Waals surface area contributed by atoms with Crippen molar-refractivity contribution in [3.05, 3.63) is 83.9 Å². The van der Waals surface area contributed by atoms with Crippen LogP contribution in [0.25, 0.3) is 0 Å². The first-order chi connectivity index (χ1) is 15.7. The number of hydrogen-bond donors (Lipinski definition) is 1. The van der Waals surface area contributed by atoms with E-state index in [1.165, 1.54) is 0 Å². The van der Waals surface area contributed by atoms with E-state index < -0.39 is 0 Å². The van der Waals surface area contributed by atoms with Crippen LogP contribution in [0.2, 0.25) is 0 Å². The quantitative estimate of drug-likeness (QED) is 0.634. The second kappa shape index (κ2) is 8.85. The summed E-state index contributed by atoms with van der Waals surface area (Å²) in [6.45, 7) is 1.27. The minimum atomic E-state index is -0.360. The molecule has 1 fully saturated rings. The molecule has 0 saturated carbocycles. The third-order valence-electron chi connectivity index (χ3n) is 5.81. The highest BCUT2D eigenvalue weighted by Gasteiger charge is 2.32. The van der Waals surface area contributed by atoms with Gasteiger partial charge < -0.3 is 19.7 Å². The zero-order chi connectivity index (χ0) is 21.9. The van der Waals surface area contributed by atoms with E-state index >= 15 is 0 Å². The summed E-state index contributed by atoms with van der Waals surface area (Å²) in [5.41, 5.74) is 3.01. The topological polar surface area (TPSA) is 67.9 Å². The lowest BCUT2D eigenvalue weighted by atomic mass is 10.1. The van der Waals surface area contributed by atoms with E-state index in [2.05, 4.69) is 5.32 Å². The average Bonchev–Trinajstić information content (AvgIpc) is 3.50. The fraction of sp³-hybridized carbons (Fsp3) is 0.231. The molecule has 0 aromatic heterocycles. The highest BCUT2D eigenvalue weighted by molar-refractivity contribution is 6.07. The summed E-state index contributed by atoms with van der Waals surface area (Å²) in [5.74, 6) is 0.874. The summed E-state index contributed by atoms with van der Waals surface area (Å²) in [5, 5.41) is 2.95. The molecule has 3 aromatic carbocycles. The molecule has 1 saturated heterocycles. The minimum Gasteiger partial charge on any atom is -0.457 e. The number of rotatable bonds is 5. The number of nitrogens with zero attached hydrogens (tertiary/aromatic N) is 1. The van der Waals surface area contributed by atoms with E-state index in [0.717, 1.165) is 30.5 Å². The lowest BCUT2D eigenvalue weighted by Gasteiger charge is -2.21. The Morgan fingerprint density at radius 2 is 1.81 bits per heavy atom. The Morgan fingerprint density at radius 1 is 1.00 bits per heavy atom. The number of carbonyl (C=O) groups excluding carboxylic acids is 2. The van der Waals surface area contributed by atoms with E-state index in [1.54, 1.807) is 23.1 Å². The number of fused-ring (bicyclic) bond motifs is 1. The van der Waals surface area contributed by atoms with Gasteiger partial charge in [0.05, 0.1) is 5.56 Å². The van der Waals surface area contributed by atoms with Gasteiger partial charge >= 0.3 is 0 Å². The van der Waals surface area contributed by atoms with Crippen LogP contribution in [0.4, 0.5) is 11.4 Å². The van der Waals surface area contributed by atoms with Crippen LogP contribution in [0.5, 0.6) is 11.5 Å². The van der Waals surface area contributed by atoms with Crippen molar-refractivity contribution in [1.82, 2.24) is 0 Å². The number of carbonyl (C=O) groups is 2. The summed E-state index contributed by atoms with van der Waals surface area (Å²) < 4.78 is 11.5. The molecule has 162 valence electrons. The van der Waals surface area contributed by atoms with Crippen LogP contribution < -0.4 is 15.0 Å². The maximum atomic E-state index is 13.1. The number of hydrogen-bond acceptors (Lipinski definition) is 4. The molecular weight excluding hydrogens is 404 g/mol. The molecule has 0 aliphatic carbocycles. The molecule has 3 aromatic rings. The maximum absolute atomic E-state index is 13.1. The van der Waals surface area contributed by atoms with Gasteiger partial charge in [-0.3, -0.25) is 9.59 Å². The van der Waals surface area contributed by atoms with Gasteiger partial charge in [-0.2, -0.15) is 0 Å². The van der Waals surface area contributed by atoms with Gasteiger partial charge in [0.2, 0.25) is 0 Å². The number of amides is 2. The van der Waals surface area contributed by atoms with E-state index in [-0.39, 0.29) is 17.9 Å². The normalized spacial score (nSPS) is 17.1. The molecule has 32 heavy (non-hydrogen) atoms. The summed E-state index contributed by atoms with van der Waals surface area (Å²) in [4.78, 5) is 27.7. The van der Waals surface area contributed by atoms with Crippen molar-refractivity contribution in [3.8, 4) is 11.5 Å². The molecule has 6 nitrogen and oxygen atoms in total. The van der Waals surface area contributed by atoms with Gasteiger partial charge in [-0.1, -0.05) is 36.4 Å². The Morgan fingerprint density at radius 3 is 2.62 bits per heavy atom. The highest BCUT2D eigenvalue weighted by atomic mass is 16.5. The Kier molecular flexibility index (Phi) is 5.60. The van der Waals surface area contributed by atoms with E-state index in [4.69, 9.17) is 9.47 Å². The molecule has 1 N–H and O–H groups in total. The molecule has 5 rings (SSSR count). The zero-order valence-corrected chi connectivity index (χ0v) is 17.6. The van der Waals surface area contributed by atoms with Crippen LogP contribution in [0.3, 0.4) is 0 Å². The molecule has 2 aliphatic rings. The van der Waals surface area contributed by atoms with Crippen LogP contribution in [-0.4, -0.2) is 31.1 Å². The first-order valence-corrected chi connectivity index (χ1v) is 10.9.